The number of H-pyrrole nitrogens is 1. The number of anilines is 2. The molecule has 0 saturated carbocycles. The van der Waals surface area contributed by atoms with Gasteiger partial charge in [0.05, 0.1) is 24.5 Å². The molecule has 0 radical (unpaired) electrons. The largest absolute Gasteiger partial charge is 0.495 e. The summed E-state index contributed by atoms with van der Waals surface area (Å²) in [7, 11) is 1.64. The highest BCUT2D eigenvalue weighted by molar-refractivity contribution is 6.05. The molecular formula is C29H25FN4O2. The minimum absolute atomic E-state index is 0.292. The molecule has 0 unspecified atom stereocenters. The maximum Gasteiger partial charge on any atom is 0.255 e. The van der Waals surface area contributed by atoms with E-state index in [0.29, 0.717) is 11.3 Å². The summed E-state index contributed by atoms with van der Waals surface area (Å²) in [6, 6.07) is 24.4. The fraction of sp³-hybridized carbons (Fsp3) is 0.103. The Balaban J connectivity index is 1.56. The third-order valence-corrected chi connectivity index (χ3v) is 6.08. The fourth-order valence-electron chi connectivity index (χ4n) is 4.36. The van der Waals surface area contributed by atoms with Gasteiger partial charge in [0.25, 0.3) is 5.91 Å². The van der Waals surface area contributed by atoms with Crippen LogP contribution in [0.3, 0.4) is 0 Å². The number of hydrogen-bond acceptors (Lipinski definition) is 4. The summed E-state index contributed by atoms with van der Waals surface area (Å²) in [4.78, 5) is 20.8. The smallest absolute Gasteiger partial charge is 0.255 e. The number of benzene rings is 3. The fourth-order valence-corrected chi connectivity index (χ4v) is 4.36. The van der Waals surface area contributed by atoms with Gasteiger partial charge in [-0.3, -0.25) is 9.78 Å². The van der Waals surface area contributed by atoms with E-state index >= 15 is 0 Å². The molecule has 0 fully saturated rings. The van der Waals surface area contributed by atoms with E-state index in [4.69, 9.17) is 4.74 Å². The van der Waals surface area contributed by atoms with Crippen LogP contribution in [0.15, 0.2) is 91.1 Å². The number of amides is 1. The highest BCUT2D eigenvalue weighted by atomic mass is 19.1. The first-order valence-corrected chi connectivity index (χ1v) is 11.5. The van der Waals surface area contributed by atoms with Crippen molar-refractivity contribution in [2.75, 3.05) is 17.7 Å². The molecule has 0 bridgehead atoms. The number of carbonyl (C=O) groups is 1. The van der Waals surface area contributed by atoms with Gasteiger partial charge in [-0.15, -0.1) is 0 Å². The highest BCUT2D eigenvalue weighted by Crippen LogP contribution is 2.37. The van der Waals surface area contributed by atoms with Gasteiger partial charge in [-0.1, -0.05) is 18.2 Å². The number of halogens is 1. The van der Waals surface area contributed by atoms with Crippen LogP contribution in [-0.2, 0) is 0 Å². The Morgan fingerprint density at radius 3 is 2.53 bits per heavy atom. The molecule has 3 aromatic carbocycles. The number of nitrogens with zero attached hydrogens (tertiary/aromatic N) is 1. The average Bonchev–Trinajstić information content (AvgIpc) is 3.23. The molecule has 0 aliphatic carbocycles. The number of aryl methyl sites for hydroxylation is 1. The number of ether oxygens (including phenoxy) is 1. The second-order valence-electron chi connectivity index (χ2n) is 8.42. The molecule has 1 atom stereocenters. The van der Waals surface area contributed by atoms with Gasteiger partial charge in [-0.05, 0) is 73.7 Å². The Hall–Kier alpha value is -4.65. The third kappa shape index (κ3) is 4.63. The lowest BCUT2D eigenvalue weighted by atomic mass is 9.98. The monoisotopic (exact) mass is 480 g/mol. The summed E-state index contributed by atoms with van der Waals surface area (Å²) >= 11 is 0. The molecule has 0 spiro atoms. The Kier molecular flexibility index (Phi) is 6.36. The predicted molar refractivity (Wildman–Crippen MR) is 140 cm³/mol. The van der Waals surface area contributed by atoms with Crippen molar-refractivity contribution < 1.29 is 13.9 Å². The lowest BCUT2D eigenvalue weighted by molar-refractivity contribution is 0.102. The van der Waals surface area contributed by atoms with E-state index in [9.17, 15) is 9.18 Å². The predicted octanol–water partition coefficient (Wildman–Crippen LogP) is 6.47. The standard InChI is InChI=1S/C29H25FN4O2/c1-18-27(28(25-8-5-6-16-31-25)34-24-7-3-4-9-26(24)36-2)22-17-21(14-15-23(22)32-18)33-29(35)19-10-12-20(30)13-11-19/h3-17,28,32,34H,1-2H3,(H,33,35)/t28-/m0/s1. The number of rotatable bonds is 7. The van der Waals surface area contributed by atoms with Gasteiger partial charge in [-0.25, -0.2) is 4.39 Å². The number of carbonyl (C=O) groups excluding carboxylic acids is 1. The van der Waals surface area contributed by atoms with Crippen LogP contribution in [-0.4, -0.2) is 23.0 Å². The number of fused-ring (bicyclic) bond motifs is 1. The summed E-state index contributed by atoms with van der Waals surface area (Å²) in [5, 5.41) is 7.48. The molecule has 2 heterocycles. The minimum atomic E-state index is -0.386. The van der Waals surface area contributed by atoms with E-state index in [1.54, 1.807) is 13.3 Å². The Bertz CT molecular complexity index is 1510. The SMILES string of the molecule is COc1ccccc1N[C@@H](c1ccccn1)c1c(C)[nH]c2ccc(NC(=O)c3ccc(F)cc3)cc12. The van der Waals surface area contributed by atoms with Crippen molar-refractivity contribution in [2.24, 2.45) is 0 Å². The van der Waals surface area contributed by atoms with Crippen molar-refractivity contribution in [3.8, 4) is 5.75 Å². The number of hydrogen-bond donors (Lipinski definition) is 3. The molecule has 1 amide bonds. The maximum atomic E-state index is 13.3. The number of para-hydroxylation sites is 2. The lowest BCUT2D eigenvalue weighted by Crippen LogP contribution is -2.15. The summed E-state index contributed by atoms with van der Waals surface area (Å²) in [6.07, 6.45) is 1.77. The van der Waals surface area contributed by atoms with Crippen LogP contribution in [0.2, 0.25) is 0 Å². The molecule has 36 heavy (non-hydrogen) atoms. The van der Waals surface area contributed by atoms with Gasteiger partial charge in [0.15, 0.2) is 0 Å². The van der Waals surface area contributed by atoms with Crippen molar-refractivity contribution >= 4 is 28.2 Å². The van der Waals surface area contributed by atoms with Crippen molar-refractivity contribution in [2.45, 2.75) is 13.0 Å². The topological polar surface area (TPSA) is 79.0 Å². The number of pyridine rings is 1. The first kappa shape index (κ1) is 23.1. The normalized spacial score (nSPS) is 11.8. The van der Waals surface area contributed by atoms with Crippen LogP contribution in [0.1, 0.15) is 33.4 Å². The molecule has 3 N–H and O–H groups in total. The quantitative estimate of drug-likeness (QED) is 0.249. The number of nitrogens with one attached hydrogen (secondary N) is 3. The highest BCUT2D eigenvalue weighted by Gasteiger charge is 2.23. The Morgan fingerprint density at radius 1 is 1.00 bits per heavy atom. The first-order valence-electron chi connectivity index (χ1n) is 11.5. The van der Waals surface area contributed by atoms with E-state index in [2.05, 4.69) is 20.6 Å². The molecule has 180 valence electrons. The second kappa shape index (κ2) is 9.92. The molecule has 2 aromatic heterocycles. The zero-order valence-corrected chi connectivity index (χ0v) is 19.9. The van der Waals surface area contributed by atoms with Crippen molar-refractivity contribution in [1.29, 1.82) is 0 Å². The Morgan fingerprint density at radius 2 is 1.78 bits per heavy atom. The zero-order chi connectivity index (χ0) is 25.1. The Labute approximate surface area is 208 Å². The van der Waals surface area contributed by atoms with Gasteiger partial charge in [-0.2, -0.15) is 0 Å². The molecule has 5 rings (SSSR count). The maximum absolute atomic E-state index is 13.3. The van der Waals surface area contributed by atoms with Crippen molar-refractivity contribution in [3.05, 3.63) is 119 Å². The summed E-state index contributed by atoms with van der Waals surface area (Å²) in [5.41, 5.74) is 5.61. The second-order valence-corrected chi connectivity index (χ2v) is 8.42. The number of aromatic amines is 1. The molecular weight excluding hydrogens is 455 g/mol. The number of methoxy groups -OCH3 is 1. The van der Waals surface area contributed by atoms with Crippen LogP contribution in [0.5, 0.6) is 5.75 Å². The lowest BCUT2D eigenvalue weighted by Gasteiger charge is -2.22. The molecule has 0 aliphatic heterocycles. The van der Waals surface area contributed by atoms with E-state index in [1.807, 2.05) is 67.6 Å². The van der Waals surface area contributed by atoms with Gasteiger partial charge < -0.3 is 20.4 Å². The summed E-state index contributed by atoms with van der Waals surface area (Å²) in [6.45, 7) is 2.02. The van der Waals surface area contributed by atoms with Gasteiger partial charge in [0.1, 0.15) is 11.6 Å². The van der Waals surface area contributed by atoms with Crippen LogP contribution in [0.25, 0.3) is 10.9 Å². The third-order valence-electron chi connectivity index (χ3n) is 6.08. The zero-order valence-electron chi connectivity index (χ0n) is 19.9. The van der Waals surface area contributed by atoms with Gasteiger partial charge in [0, 0.05) is 39.6 Å². The first-order chi connectivity index (χ1) is 17.5. The summed E-state index contributed by atoms with van der Waals surface area (Å²) in [5.74, 6) is 0.0308. The molecule has 0 aliphatic rings. The van der Waals surface area contributed by atoms with Crippen LogP contribution < -0.4 is 15.4 Å². The molecule has 6 nitrogen and oxygen atoms in total. The van der Waals surface area contributed by atoms with Crippen LogP contribution >= 0.6 is 0 Å². The van der Waals surface area contributed by atoms with Crippen molar-refractivity contribution in [3.63, 3.8) is 0 Å². The molecule has 7 heteroatoms. The molecule has 0 saturated heterocycles. The molecule has 5 aromatic rings. The average molecular weight is 481 g/mol. The minimum Gasteiger partial charge on any atom is -0.495 e. The van der Waals surface area contributed by atoms with Gasteiger partial charge >= 0.3 is 0 Å². The van der Waals surface area contributed by atoms with Gasteiger partial charge in [0.2, 0.25) is 0 Å². The van der Waals surface area contributed by atoms with Crippen molar-refractivity contribution in [1.82, 2.24) is 9.97 Å². The van der Waals surface area contributed by atoms with Crippen LogP contribution in [0, 0.1) is 12.7 Å². The van der Waals surface area contributed by atoms with E-state index in [1.165, 1.54) is 24.3 Å². The number of aromatic nitrogens is 2. The van der Waals surface area contributed by atoms with Crippen LogP contribution in [0.4, 0.5) is 15.8 Å². The van der Waals surface area contributed by atoms with E-state index in [0.717, 1.165) is 39.3 Å². The van der Waals surface area contributed by atoms with E-state index < -0.39 is 0 Å². The summed E-state index contributed by atoms with van der Waals surface area (Å²) < 4.78 is 18.8. The van der Waals surface area contributed by atoms with E-state index in [-0.39, 0.29) is 17.8 Å².